The molecule has 3 rings (SSSR count). The molecular formula is C13H22. The first-order valence-corrected chi connectivity index (χ1v) is 6.04. The summed E-state index contributed by atoms with van der Waals surface area (Å²) in [5.41, 5.74) is 1.83. The topological polar surface area (TPSA) is 0 Å². The molecule has 0 heteroatoms. The lowest BCUT2D eigenvalue weighted by atomic mass is 9.74. The van der Waals surface area contributed by atoms with Gasteiger partial charge in [-0.05, 0) is 53.8 Å². The van der Waals surface area contributed by atoms with Gasteiger partial charge in [0.15, 0.2) is 0 Å². The highest BCUT2D eigenvalue weighted by molar-refractivity contribution is 5.43. The summed E-state index contributed by atoms with van der Waals surface area (Å²) in [5.74, 6) is 4.12. The zero-order chi connectivity index (χ0) is 9.43. The van der Waals surface area contributed by atoms with Gasteiger partial charge in [0, 0.05) is 0 Å². The van der Waals surface area contributed by atoms with Crippen molar-refractivity contribution in [3.8, 4) is 0 Å². The van der Waals surface area contributed by atoms with E-state index in [-0.39, 0.29) is 0 Å². The van der Waals surface area contributed by atoms with Crippen LogP contribution in [0.5, 0.6) is 0 Å². The molecule has 74 valence electrons. The Labute approximate surface area is 82.1 Å². The van der Waals surface area contributed by atoms with Gasteiger partial charge in [0.25, 0.3) is 0 Å². The van der Waals surface area contributed by atoms with Crippen molar-refractivity contribution in [3.63, 3.8) is 0 Å². The molecule has 0 radical (unpaired) electrons. The predicted molar refractivity (Wildman–Crippen MR) is 55.4 cm³/mol. The third kappa shape index (κ3) is 0.680. The molecule has 0 aromatic carbocycles. The Kier molecular flexibility index (Phi) is 1.27. The number of hydrogen-bond donors (Lipinski definition) is 0. The van der Waals surface area contributed by atoms with Crippen LogP contribution in [0.15, 0.2) is 0 Å². The van der Waals surface area contributed by atoms with Crippen LogP contribution in [0.4, 0.5) is 0 Å². The molecule has 0 aromatic heterocycles. The first-order valence-electron chi connectivity index (χ1n) is 6.04. The fraction of sp³-hybridized carbons (Fsp3) is 1.00. The SMILES string of the molecule is CC(C)C(C)CC12CC13C(C)CC23. The Morgan fingerprint density at radius 1 is 1.31 bits per heavy atom. The van der Waals surface area contributed by atoms with E-state index >= 15 is 0 Å². The Morgan fingerprint density at radius 3 is 2.31 bits per heavy atom. The lowest BCUT2D eigenvalue weighted by Crippen LogP contribution is -2.23. The standard InChI is InChI=1S/C13H22/c1-8(2)9(3)6-12-7-13(12)10(4)5-11(12)13/h8-11H,5-7H2,1-4H3. The van der Waals surface area contributed by atoms with Gasteiger partial charge in [-0.1, -0.05) is 27.7 Å². The summed E-state index contributed by atoms with van der Waals surface area (Å²) in [7, 11) is 0. The van der Waals surface area contributed by atoms with Crippen LogP contribution in [0.3, 0.4) is 0 Å². The van der Waals surface area contributed by atoms with E-state index < -0.39 is 0 Å². The lowest BCUT2D eigenvalue weighted by Gasteiger charge is -2.31. The van der Waals surface area contributed by atoms with Crippen molar-refractivity contribution in [2.24, 2.45) is 34.5 Å². The van der Waals surface area contributed by atoms with Gasteiger partial charge in [-0.2, -0.15) is 0 Å². The zero-order valence-corrected chi connectivity index (χ0v) is 9.43. The first kappa shape index (κ1) is 8.32. The Hall–Kier alpha value is 0. The van der Waals surface area contributed by atoms with Crippen molar-refractivity contribution in [3.05, 3.63) is 0 Å². The molecule has 3 aliphatic carbocycles. The molecule has 3 saturated carbocycles. The maximum Gasteiger partial charge on any atom is -0.0173 e. The Bertz CT molecular complexity index is 255. The van der Waals surface area contributed by atoms with Gasteiger partial charge in [0.2, 0.25) is 0 Å². The Balaban J connectivity index is 1.65. The fourth-order valence-corrected chi connectivity index (χ4v) is 4.45. The number of hydrogen-bond acceptors (Lipinski definition) is 0. The number of fused-ring (bicyclic) bond motifs is 1. The minimum absolute atomic E-state index is 0.891. The second-order valence-electron chi connectivity index (χ2n) is 6.49. The van der Waals surface area contributed by atoms with Crippen molar-refractivity contribution < 1.29 is 0 Å². The molecule has 3 fully saturated rings. The molecule has 3 aliphatic rings. The van der Waals surface area contributed by atoms with Gasteiger partial charge >= 0.3 is 0 Å². The van der Waals surface area contributed by atoms with Crippen LogP contribution >= 0.6 is 0 Å². The van der Waals surface area contributed by atoms with Gasteiger partial charge in [-0.25, -0.2) is 0 Å². The summed E-state index contributed by atoms with van der Waals surface area (Å²) in [4.78, 5) is 0. The van der Waals surface area contributed by atoms with E-state index in [9.17, 15) is 0 Å². The van der Waals surface area contributed by atoms with Crippen molar-refractivity contribution in [1.82, 2.24) is 0 Å². The van der Waals surface area contributed by atoms with E-state index in [0.717, 1.165) is 28.6 Å². The molecule has 5 unspecified atom stereocenters. The normalized spacial score (nSPS) is 57.9. The lowest BCUT2D eigenvalue weighted by molar-refractivity contribution is 0.183. The van der Waals surface area contributed by atoms with Gasteiger partial charge in [0.1, 0.15) is 0 Å². The molecule has 13 heavy (non-hydrogen) atoms. The number of rotatable bonds is 3. The molecule has 0 N–H and O–H groups in total. The summed E-state index contributed by atoms with van der Waals surface area (Å²) < 4.78 is 0. The second-order valence-corrected chi connectivity index (χ2v) is 6.49. The van der Waals surface area contributed by atoms with Crippen molar-refractivity contribution in [2.75, 3.05) is 0 Å². The maximum atomic E-state index is 2.48. The van der Waals surface area contributed by atoms with E-state index in [1.807, 2.05) is 0 Å². The molecule has 0 heterocycles. The van der Waals surface area contributed by atoms with Crippen LogP contribution in [-0.4, -0.2) is 0 Å². The van der Waals surface area contributed by atoms with Gasteiger partial charge in [-0.3, -0.25) is 0 Å². The maximum absolute atomic E-state index is 2.48. The minimum atomic E-state index is 0.891. The fourth-order valence-electron chi connectivity index (χ4n) is 4.45. The van der Waals surface area contributed by atoms with Crippen LogP contribution in [0.25, 0.3) is 0 Å². The highest BCUT2D eigenvalue weighted by atomic mass is 15.0. The summed E-state index contributed by atoms with van der Waals surface area (Å²) in [6.07, 6.45) is 4.70. The third-order valence-corrected chi connectivity index (χ3v) is 5.91. The summed E-state index contributed by atoms with van der Waals surface area (Å²) >= 11 is 0. The van der Waals surface area contributed by atoms with Gasteiger partial charge < -0.3 is 0 Å². The van der Waals surface area contributed by atoms with E-state index in [1.165, 1.54) is 5.92 Å². The minimum Gasteiger partial charge on any atom is -0.0625 e. The van der Waals surface area contributed by atoms with Crippen LogP contribution in [-0.2, 0) is 0 Å². The van der Waals surface area contributed by atoms with E-state index in [4.69, 9.17) is 0 Å². The van der Waals surface area contributed by atoms with Crippen LogP contribution < -0.4 is 0 Å². The van der Waals surface area contributed by atoms with E-state index in [1.54, 1.807) is 19.3 Å². The highest BCUT2D eigenvalue weighted by Gasteiger charge is 2.95. The van der Waals surface area contributed by atoms with Gasteiger partial charge in [-0.15, -0.1) is 0 Å². The van der Waals surface area contributed by atoms with Gasteiger partial charge in [0.05, 0.1) is 0 Å². The molecule has 0 amide bonds. The molecule has 0 aromatic rings. The van der Waals surface area contributed by atoms with Crippen molar-refractivity contribution in [1.29, 1.82) is 0 Å². The first-order chi connectivity index (χ1) is 6.04. The highest BCUT2D eigenvalue weighted by Crippen LogP contribution is 3.01. The zero-order valence-electron chi connectivity index (χ0n) is 9.43. The Morgan fingerprint density at radius 2 is 2.00 bits per heavy atom. The van der Waals surface area contributed by atoms with Crippen LogP contribution in [0.1, 0.15) is 47.0 Å². The quantitative estimate of drug-likeness (QED) is 0.618. The molecule has 0 nitrogen and oxygen atoms in total. The van der Waals surface area contributed by atoms with Crippen molar-refractivity contribution >= 4 is 0 Å². The molecule has 0 aliphatic heterocycles. The smallest absolute Gasteiger partial charge is 0.0173 e. The van der Waals surface area contributed by atoms with Crippen molar-refractivity contribution in [2.45, 2.75) is 47.0 Å². The summed E-state index contributed by atoms with van der Waals surface area (Å²) in [6, 6.07) is 0. The molecule has 0 saturated heterocycles. The average molecular weight is 178 g/mol. The van der Waals surface area contributed by atoms with Crippen LogP contribution in [0, 0.1) is 34.5 Å². The van der Waals surface area contributed by atoms with Crippen LogP contribution in [0.2, 0.25) is 0 Å². The monoisotopic (exact) mass is 178 g/mol. The third-order valence-electron chi connectivity index (χ3n) is 5.91. The molecule has 5 atom stereocenters. The largest absolute Gasteiger partial charge is 0.0625 e. The summed E-state index contributed by atoms with van der Waals surface area (Å²) in [6.45, 7) is 9.69. The average Bonchev–Trinajstić information content (AvgIpc) is 2.84. The predicted octanol–water partition coefficient (Wildman–Crippen LogP) is 3.71. The van der Waals surface area contributed by atoms with E-state index in [0.29, 0.717) is 0 Å². The second kappa shape index (κ2) is 1.99. The summed E-state index contributed by atoms with van der Waals surface area (Å²) in [5, 5.41) is 0. The molecule has 1 spiro atoms. The molecular weight excluding hydrogens is 156 g/mol. The molecule has 0 bridgehead atoms. The van der Waals surface area contributed by atoms with E-state index in [2.05, 4.69) is 27.7 Å².